The SMILES string of the molecule is Cc1cnn2nccc2c1NC1CCCCC1C. The molecule has 0 aliphatic heterocycles. The fourth-order valence-electron chi connectivity index (χ4n) is 2.88. The van der Waals surface area contributed by atoms with E-state index in [1.54, 1.807) is 10.8 Å². The van der Waals surface area contributed by atoms with Crippen LogP contribution in [-0.4, -0.2) is 20.9 Å². The summed E-state index contributed by atoms with van der Waals surface area (Å²) in [5, 5.41) is 12.2. The second-order valence-corrected chi connectivity index (χ2v) is 5.42. The van der Waals surface area contributed by atoms with Gasteiger partial charge >= 0.3 is 0 Å². The zero-order valence-corrected chi connectivity index (χ0v) is 11.1. The molecule has 2 aromatic heterocycles. The van der Waals surface area contributed by atoms with Crippen LogP contribution in [0.4, 0.5) is 5.69 Å². The number of nitrogens with one attached hydrogen (secondary N) is 1. The van der Waals surface area contributed by atoms with Gasteiger partial charge in [-0.1, -0.05) is 19.8 Å². The Morgan fingerprint density at radius 3 is 2.94 bits per heavy atom. The molecule has 1 fully saturated rings. The molecule has 0 bridgehead atoms. The average Bonchev–Trinajstić information content (AvgIpc) is 2.83. The van der Waals surface area contributed by atoms with Gasteiger partial charge in [-0.25, -0.2) is 0 Å². The fraction of sp³-hybridized carbons (Fsp3) is 0.571. The topological polar surface area (TPSA) is 42.2 Å². The van der Waals surface area contributed by atoms with Crippen molar-refractivity contribution in [3.05, 3.63) is 24.0 Å². The lowest BCUT2D eigenvalue weighted by atomic mass is 9.85. The summed E-state index contributed by atoms with van der Waals surface area (Å²) in [6, 6.07) is 2.61. The molecule has 1 aliphatic carbocycles. The Balaban J connectivity index is 1.93. The van der Waals surface area contributed by atoms with Crippen LogP contribution in [0.2, 0.25) is 0 Å². The van der Waals surface area contributed by atoms with E-state index in [-0.39, 0.29) is 0 Å². The van der Waals surface area contributed by atoms with E-state index in [1.165, 1.54) is 36.9 Å². The van der Waals surface area contributed by atoms with Crippen LogP contribution >= 0.6 is 0 Å². The van der Waals surface area contributed by atoms with Crippen molar-refractivity contribution in [3.8, 4) is 0 Å². The van der Waals surface area contributed by atoms with Crippen molar-refractivity contribution in [2.45, 2.75) is 45.6 Å². The van der Waals surface area contributed by atoms with Crippen LogP contribution in [0.25, 0.3) is 5.52 Å². The van der Waals surface area contributed by atoms with Gasteiger partial charge in [0, 0.05) is 6.04 Å². The molecule has 18 heavy (non-hydrogen) atoms. The highest BCUT2D eigenvalue weighted by Gasteiger charge is 2.22. The number of fused-ring (bicyclic) bond motifs is 1. The summed E-state index contributed by atoms with van der Waals surface area (Å²) in [6.45, 7) is 4.46. The highest BCUT2D eigenvalue weighted by Crippen LogP contribution is 2.29. The summed E-state index contributed by atoms with van der Waals surface area (Å²) >= 11 is 0. The predicted octanol–water partition coefficient (Wildman–Crippen LogP) is 3.03. The Kier molecular flexibility index (Phi) is 2.94. The zero-order valence-electron chi connectivity index (χ0n) is 11.1. The molecular formula is C14H20N4. The highest BCUT2D eigenvalue weighted by atomic mass is 15.4. The number of aryl methyl sites for hydroxylation is 1. The summed E-state index contributed by atoms with van der Waals surface area (Å²) < 4.78 is 1.70. The quantitative estimate of drug-likeness (QED) is 0.883. The lowest BCUT2D eigenvalue weighted by Gasteiger charge is -2.31. The van der Waals surface area contributed by atoms with Crippen LogP contribution < -0.4 is 5.32 Å². The molecule has 2 heterocycles. The Bertz CT molecular complexity index is 546. The Hall–Kier alpha value is -1.58. The van der Waals surface area contributed by atoms with Crippen LogP contribution in [0.1, 0.15) is 38.2 Å². The van der Waals surface area contributed by atoms with Crippen LogP contribution in [0.3, 0.4) is 0 Å². The van der Waals surface area contributed by atoms with Crippen LogP contribution in [0, 0.1) is 12.8 Å². The number of nitrogens with zero attached hydrogens (tertiary/aromatic N) is 3. The lowest BCUT2D eigenvalue weighted by molar-refractivity contribution is 0.349. The number of hydrogen-bond acceptors (Lipinski definition) is 3. The molecule has 96 valence electrons. The Labute approximate surface area is 107 Å². The molecule has 4 heteroatoms. The minimum atomic E-state index is 0.582. The largest absolute Gasteiger partial charge is 0.380 e. The summed E-state index contributed by atoms with van der Waals surface area (Å²) in [6.07, 6.45) is 8.99. The first kappa shape index (κ1) is 11.5. The van der Waals surface area contributed by atoms with E-state index in [9.17, 15) is 0 Å². The van der Waals surface area contributed by atoms with Gasteiger partial charge in [0.05, 0.1) is 18.1 Å². The smallest absolute Gasteiger partial charge is 0.111 e. The molecule has 2 atom stereocenters. The maximum Gasteiger partial charge on any atom is 0.111 e. The number of hydrogen-bond donors (Lipinski definition) is 1. The number of aromatic nitrogens is 3. The molecule has 0 radical (unpaired) electrons. The van der Waals surface area contributed by atoms with Crippen molar-refractivity contribution in [1.29, 1.82) is 0 Å². The summed E-state index contributed by atoms with van der Waals surface area (Å²) in [5.74, 6) is 0.745. The molecular weight excluding hydrogens is 224 g/mol. The van der Waals surface area contributed by atoms with Crippen molar-refractivity contribution in [2.24, 2.45) is 5.92 Å². The molecule has 1 N–H and O–H groups in total. The van der Waals surface area contributed by atoms with Gasteiger partial charge in [0.1, 0.15) is 5.52 Å². The van der Waals surface area contributed by atoms with E-state index in [2.05, 4.69) is 29.4 Å². The van der Waals surface area contributed by atoms with Crippen LogP contribution in [0.5, 0.6) is 0 Å². The van der Waals surface area contributed by atoms with Gasteiger partial charge < -0.3 is 5.32 Å². The molecule has 3 rings (SSSR count). The Morgan fingerprint density at radius 2 is 2.11 bits per heavy atom. The molecule has 0 aromatic carbocycles. The second kappa shape index (κ2) is 4.59. The fourth-order valence-corrected chi connectivity index (χ4v) is 2.88. The van der Waals surface area contributed by atoms with E-state index >= 15 is 0 Å². The van der Waals surface area contributed by atoms with Crippen LogP contribution in [-0.2, 0) is 0 Å². The molecule has 1 saturated carbocycles. The zero-order chi connectivity index (χ0) is 12.5. The van der Waals surface area contributed by atoms with E-state index in [1.807, 2.05) is 12.3 Å². The molecule has 1 aliphatic rings. The second-order valence-electron chi connectivity index (χ2n) is 5.42. The molecule has 4 nitrogen and oxygen atoms in total. The maximum atomic E-state index is 4.28. The van der Waals surface area contributed by atoms with E-state index in [0.29, 0.717) is 6.04 Å². The summed E-state index contributed by atoms with van der Waals surface area (Å²) in [5.41, 5.74) is 3.47. The van der Waals surface area contributed by atoms with Gasteiger partial charge in [-0.2, -0.15) is 10.2 Å². The molecule has 2 aromatic rings. The van der Waals surface area contributed by atoms with E-state index in [0.717, 1.165) is 11.4 Å². The minimum absolute atomic E-state index is 0.582. The third-order valence-electron chi connectivity index (χ3n) is 4.08. The standard InChI is InChI=1S/C14H20N4/c1-10-5-3-4-6-12(10)17-14-11(2)9-16-18-13(14)7-8-15-18/h7-10,12,17H,3-6H2,1-2H3. The predicted molar refractivity (Wildman–Crippen MR) is 72.8 cm³/mol. The average molecular weight is 244 g/mol. The lowest BCUT2D eigenvalue weighted by Crippen LogP contribution is -2.30. The van der Waals surface area contributed by atoms with Gasteiger partial charge in [-0.15, -0.1) is 4.63 Å². The molecule has 0 amide bonds. The van der Waals surface area contributed by atoms with Crippen LogP contribution in [0.15, 0.2) is 18.5 Å². The van der Waals surface area contributed by atoms with Crippen molar-refractivity contribution in [1.82, 2.24) is 14.8 Å². The van der Waals surface area contributed by atoms with Crippen molar-refractivity contribution in [3.63, 3.8) is 0 Å². The Morgan fingerprint density at radius 1 is 1.28 bits per heavy atom. The van der Waals surface area contributed by atoms with Gasteiger partial charge in [0.15, 0.2) is 0 Å². The molecule has 2 unspecified atom stereocenters. The molecule has 0 spiro atoms. The van der Waals surface area contributed by atoms with E-state index in [4.69, 9.17) is 0 Å². The highest BCUT2D eigenvalue weighted by molar-refractivity contribution is 5.74. The van der Waals surface area contributed by atoms with E-state index < -0.39 is 0 Å². The minimum Gasteiger partial charge on any atom is -0.380 e. The van der Waals surface area contributed by atoms with Gasteiger partial charge in [0.2, 0.25) is 0 Å². The van der Waals surface area contributed by atoms with Crippen molar-refractivity contribution in [2.75, 3.05) is 5.32 Å². The number of rotatable bonds is 2. The van der Waals surface area contributed by atoms with Crippen molar-refractivity contribution < 1.29 is 0 Å². The third kappa shape index (κ3) is 1.96. The summed E-state index contributed by atoms with van der Waals surface area (Å²) in [4.78, 5) is 0. The third-order valence-corrected chi connectivity index (χ3v) is 4.08. The first-order chi connectivity index (χ1) is 8.75. The monoisotopic (exact) mass is 244 g/mol. The summed E-state index contributed by atoms with van der Waals surface area (Å²) in [7, 11) is 0. The van der Waals surface area contributed by atoms with Gasteiger partial charge in [-0.3, -0.25) is 0 Å². The first-order valence-electron chi connectivity index (χ1n) is 6.82. The van der Waals surface area contributed by atoms with Gasteiger partial charge in [0.25, 0.3) is 0 Å². The maximum absolute atomic E-state index is 4.28. The van der Waals surface area contributed by atoms with Gasteiger partial charge in [-0.05, 0) is 37.3 Å². The molecule has 0 saturated heterocycles. The van der Waals surface area contributed by atoms with Crippen molar-refractivity contribution >= 4 is 11.2 Å². The normalized spacial score (nSPS) is 24.3. The first-order valence-corrected chi connectivity index (χ1v) is 6.82. The number of anilines is 1.